The van der Waals surface area contributed by atoms with E-state index >= 15 is 0 Å². The van der Waals surface area contributed by atoms with Gasteiger partial charge in [0.25, 0.3) is 5.91 Å². The summed E-state index contributed by atoms with van der Waals surface area (Å²) in [4.78, 5) is 19.9. The van der Waals surface area contributed by atoms with Gasteiger partial charge in [0, 0.05) is 30.1 Å². The van der Waals surface area contributed by atoms with Gasteiger partial charge in [0.15, 0.2) is 0 Å². The van der Waals surface area contributed by atoms with Crippen molar-refractivity contribution in [3.05, 3.63) is 65.0 Å². The van der Waals surface area contributed by atoms with Crippen molar-refractivity contribution in [2.75, 3.05) is 0 Å². The Morgan fingerprint density at radius 2 is 1.93 bits per heavy atom. The van der Waals surface area contributed by atoms with Crippen molar-refractivity contribution >= 4 is 5.91 Å². The molecule has 146 valence electrons. The van der Waals surface area contributed by atoms with Gasteiger partial charge in [-0.15, -0.1) is 0 Å². The van der Waals surface area contributed by atoms with Crippen LogP contribution in [-0.4, -0.2) is 25.7 Å². The van der Waals surface area contributed by atoms with Gasteiger partial charge in [-0.2, -0.15) is 18.3 Å². The molecule has 3 aromatic rings. The van der Waals surface area contributed by atoms with Gasteiger partial charge in [-0.25, -0.2) is 9.97 Å². The van der Waals surface area contributed by atoms with Crippen LogP contribution in [0.5, 0.6) is 0 Å². The summed E-state index contributed by atoms with van der Waals surface area (Å²) in [6.07, 6.45) is -2.71. The van der Waals surface area contributed by atoms with E-state index in [1.54, 1.807) is 22.9 Å². The zero-order valence-electron chi connectivity index (χ0n) is 15.5. The Morgan fingerprint density at radius 1 is 1.18 bits per heavy atom. The minimum Gasteiger partial charge on any atom is -0.345 e. The fourth-order valence-electron chi connectivity index (χ4n) is 2.83. The molecule has 2 heterocycles. The maximum atomic E-state index is 12.9. The van der Waals surface area contributed by atoms with Crippen LogP contribution in [-0.2, 0) is 19.8 Å². The van der Waals surface area contributed by atoms with Gasteiger partial charge in [-0.3, -0.25) is 9.48 Å². The second-order valence-corrected chi connectivity index (χ2v) is 6.37. The molecule has 0 atom stereocenters. The summed E-state index contributed by atoms with van der Waals surface area (Å²) >= 11 is 0. The summed E-state index contributed by atoms with van der Waals surface area (Å²) in [6.45, 7) is 3.11. The molecule has 0 aliphatic carbocycles. The molecule has 0 bridgehead atoms. The Labute approximate surface area is 159 Å². The Bertz CT molecular complexity index is 1030. The first-order chi connectivity index (χ1) is 13.1. The molecule has 9 heteroatoms. The van der Waals surface area contributed by atoms with Crippen molar-refractivity contribution in [2.45, 2.75) is 26.6 Å². The van der Waals surface area contributed by atoms with E-state index in [0.717, 1.165) is 22.9 Å². The molecular weight excluding hydrogens is 371 g/mol. The second kappa shape index (κ2) is 7.41. The average molecular weight is 389 g/mol. The highest BCUT2D eigenvalue weighted by Gasteiger charge is 2.33. The van der Waals surface area contributed by atoms with Gasteiger partial charge in [-0.05, 0) is 37.6 Å². The summed E-state index contributed by atoms with van der Waals surface area (Å²) in [7, 11) is 1.81. The number of halogens is 3. The summed E-state index contributed by atoms with van der Waals surface area (Å²) in [5, 5.41) is 6.85. The third kappa shape index (κ3) is 4.36. The van der Waals surface area contributed by atoms with E-state index in [0.29, 0.717) is 5.56 Å². The lowest BCUT2D eigenvalue weighted by atomic mass is 10.0. The van der Waals surface area contributed by atoms with E-state index in [-0.39, 0.29) is 18.1 Å². The number of carbonyl (C=O) groups excluding carboxylic acids is 1. The van der Waals surface area contributed by atoms with Crippen molar-refractivity contribution in [2.24, 2.45) is 7.05 Å². The number of nitrogens with one attached hydrogen (secondary N) is 1. The van der Waals surface area contributed by atoms with E-state index in [1.165, 1.54) is 6.92 Å². The normalized spacial score (nSPS) is 11.5. The number of benzene rings is 1. The van der Waals surface area contributed by atoms with E-state index in [1.807, 2.05) is 26.2 Å². The zero-order valence-corrected chi connectivity index (χ0v) is 15.5. The van der Waals surface area contributed by atoms with Crippen LogP contribution in [0.2, 0.25) is 0 Å². The molecule has 3 rings (SSSR count). The molecular formula is C19H18F3N5O. The van der Waals surface area contributed by atoms with Crippen LogP contribution in [0.1, 0.15) is 33.3 Å². The SMILES string of the molecule is Cc1cc(C(F)(F)F)nc(CNC(=O)c2cccc(-c3cn(C)nc3C)c2)n1. The van der Waals surface area contributed by atoms with Crippen LogP contribution in [0, 0.1) is 13.8 Å². The fourth-order valence-corrected chi connectivity index (χ4v) is 2.83. The molecule has 1 aromatic carbocycles. The van der Waals surface area contributed by atoms with Gasteiger partial charge in [0.1, 0.15) is 11.5 Å². The molecule has 0 unspecified atom stereocenters. The number of nitrogens with zero attached hydrogens (tertiary/aromatic N) is 4. The lowest BCUT2D eigenvalue weighted by molar-refractivity contribution is -0.141. The van der Waals surface area contributed by atoms with Crippen LogP contribution in [0.25, 0.3) is 11.1 Å². The van der Waals surface area contributed by atoms with Crippen molar-refractivity contribution < 1.29 is 18.0 Å². The standard InChI is InChI=1S/C19H18F3N5O/c1-11-7-16(19(20,21)22)25-17(24-11)9-23-18(28)14-6-4-5-13(8-14)15-10-27(3)26-12(15)2/h4-8,10H,9H2,1-3H3,(H,23,28). The van der Waals surface area contributed by atoms with E-state index in [9.17, 15) is 18.0 Å². The molecule has 0 saturated carbocycles. The van der Waals surface area contributed by atoms with Gasteiger partial charge in [0.2, 0.25) is 0 Å². The topological polar surface area (TPSA) is 72.7 Å². The van der Waals surface area contributed by atoms with Crippen LogP contribution in [0.15, 0.2) is 36.5 Å². The predicted molar refractivity (Wildman–Crippen MR) is 96.3 cm³/mol. The number of hydrogen-bond acceptors (Lipinski definition) is 4. The molecule has 28 heavy (non-hydrogen) atoms. The molecule has 0 fully saturated rings. The van der Waals surface area contributed by atoms with Crippen LogP contribution >= 0.6 is 0 Å². The average Bonchev–Trinajstić information content (AvgIpc) is 2.97. The third-order valence-electron chi connectivity index (χ3n) is 4.05. The molecule has 0 spiro atoms. The lowest BCUT2D eigenvalue weighted by Gasteiger charge is -2.10. The lowest BCUT2D eigenvalue weighted by Crippen LogP contribution is -2.25. The van der Waals surface area contributed by atoms with Gasteiger partial charge >= 0.3 is 6.18 Å². The monoisotopic (exact) mass is 389 g/mol. The summed E-state index contributed by atoms with van der Waals surface area (Å²) in [5.74, 6) is -0.526. The second-order valence-electron chi connectivity index (χ2n) is 6.37. The molecule has 1 N–H and O–H groups in total. The van der Waals surface area contributed by atoms with E-state index in [4.69, 9.17) is 0 Å². The minimum absolute atomic E-state index is 0.0973. The maximum absolute atomic E-state index is 12.9. The largest absolute Gasteiger partial charge is 0.433 e. The predicted octanol–water partition coefficient (Wildman–Crippen LogP) is 3.44. The Balaban J connectivity index is 1.77. The quantitative estimate of drug-likeness (QED) is 0.742. The number of alkyl halides is 3. The van der Waals surface area contributed by atoms with Crippen LogP contribution in [0.3, 0.4) is 0 Å². The minimum atomic E-state index is -4.57. The molecule has 0 aliphatic heterocycles. The number of carbonyl (C=O) groups is 1. The highest BCUT2D eigenvalue weighted by molar-refractivity contribution is 5.95. The summed E-state index contributed by atoms with van der Waals surface area (Å²) in [6, 6.07) is 7.80. The Kier molecular flexibility index (Phi) is 5.17. The van der Waals surface area contributed by atoms with Crippen molar-refractivity contribution in [3.8, 4) is 11.1 Å². The number of rotatable bonds is 4. The molecule has 0 aliphatic rings. The summed E-state index contributed by atoms with van der Waals surface area (Å²) in [5.41, 5.74) is 2.08. The number of hydrogen-bond donors (Lipinski definition) is 1. The number of amides is 1. The van der Waals surface area contributed by atoms with Gasteiger partial charge in [0.05, 0.1) is 12.2 Å². The van der Waals surface area contributed by atoms with Crippen LogP contribution in [0.4, 0.5) is 13.2 Å². The smallest absolute Gasteiger partial charge is 0.345 e. The number of aromatic nitrogens is 4. The van der Waals surface area contributed by atoms with E-state index in [2.05, 4.69) is 20.4 Å². The first-order valence-electron chi connectivity index (χ1n) is 8.44. The number of aryl methyl sites for hydroxylation is 3. The highest BCUT2D eigenvalue weighted by Crippen LogP contribution is 2.28. The maximum Gasteiger partial charge on any atom is 0.433 e. The Hall–Kier alpha value is -3.23. The van der Waals surface area contributed by atoms with E-state index < -0.39 is 17.8 Å². The first-order valence-corrected chi connectivity index (χ1v) is 8.44. The Morgan fingerprint density at radius 3 is 2.57 bits per heavy atom. The highest BCUT2D eigenvalue weighted by atomic mass is 19.4. The first kappa shape index (κ1) is 19.5. The van der Waals surface area contributed by atoms with Crippen molar-refractivity contribution in [1.29, 1.82) is 0 Å². The molecule has 0 saturated heterocycles. The molecule has 0 radical (unpaired) electrons. The third-order valence-corrected chi connectivity index (χ3v) is 4.05. The zero-order chi connectivity index (χ0) is 20.5. The van der Waals surface area contributed by atoms with Crippen molar-refractivity contribution in [1.82, 2.24) is 25.1 Å². The fraction of sp³-hybridized carbons (Fsp3) is 0.263. The molecule has 2 aromatic heterocycles. The molecule has 6 nitrogen and oxygen atoms in total. The molecule has 1 amide bonds. The summed E-state index contributed by atoms with van der Waals surface area (Å²) < 4.78 is 40.3. The van der Waals surface area contributed by atoms with Gasteiger partial charge in [-0.1, -0.05) is 12.1 Å². The van der Waals surface area contributed by atoms with Crippen LogP contribution < -0.4 is 5.32 Å². The van der Waals surface area contributed by atoms with Crippen molar-refractivity contribution in [3.63, 3.8) is 0 Å². The van der Waals surface area contributed by atoms with Gasteiger partial charge < -0.3 is 5.32 Å².